The van der Waals surface area contributed by atoms with Crippen LogP contribution in [0.2, 0.25) is 0 Å². The van der Waals surface area contributed by atoms with E-state index in [1.54, 1.807) is 18.2 Å². The predicted octanol–water partition coefficient (Wildman–Crippen LogP) is 3.60. The summed E-state index contributed by atoms with van der Waals surface area (Å²) < 4.78 is 10.5. The molecule has 0 aromatic heterocycles. The number of esters is 1. The number of hydrogen-bond donors (Lipinski definition) is 0. The van der Waals surface area contributed by atoms with Gasteiger partial charge in [0.1, 0.15) is 18.9 Å². The maximum atomic E-state index is 12.8. The number of carbonyl (C=O) groups is 2. The Labute approximate surface area is 154 Å². The molecule has 0 aliphatic carbocycles. The van der Waals surface area contributed by atoms with Crippen LogP contribution in [0, 0.1) is 6.92 Å². The van der Waals surface area contributed by atoms with Gasteiger partial charge in [-0.15, -0.1) is 0 Å². The lowest BCUT2D eigenvalue weighted by Crippen LogP contribution is -2.41. The second kappa shape index (κ2) is 9.04. The first kappa shape index (κ1) is 19.5. The van der Waals surface area contributed by atoms with E-state index in [2.05, 4.69) is 10.8 Å². The summed E-state index contributed by atoms with van der Waals surface area (Å²) in [5, 5.41) is 0. The van der Waals surface area contributed by atoms with E-state index < -0.39 is 5.97 Å². The molecule has 2 rings (SSSR count). The maximum Gasteiger partial charge on any atom is 0.325 e. The van der Waals surface area contributed by atoms with Crippen LogP contribution in [0.15, 0.2) is 48.5 Å². The van der Waals surface area contributed by atoms with Crippen molar-refractivity contribution >= 4 is 11.9 Å². The Hall–Kier alpha value is -2.82. The van der Waals surface area contributed by atoms with Crippen molar-refractivity contribution in [3.63, 3.8) is 0 Å². The van der Waals surface area contributed by atoms with Crippen molar-refractivity contribution in [2.75, 3.05) is 13.7 Å². The Bertz CT molecular complexity index is 770. The lowest BCUT2D eigenvalue weighted by Gasteiger charge is -2.25. The molecule has 0 spiro atoms. The van der Waals surface area contributed by atoms with E-state index >= 15 is 0 Å². The van der Waals surface area contributed by atoms with Crippen molar-refractivity contribution < 1.29 is 19.1 Å². The summed E-state index contributed by atoms with van der Waals surface area (Å²) in [5.74, 6) is -0.0653. The fraction of sp³-hybridized carbons (Fsp3) is 0.333. The van der Waals surface area contributed by atoms with E-state index in [-0.39, 0.29) is 18.5 Å². The number of benzene rings is 2. The van der Waals surface area contributed by atoms with Gasteiger partial charge in [0.15, 0.2) is 0 Å². The highest BCUT2D eigenvalue weighted by atomic mass is 16.5. The van der Waals surface area contributed by atoms with Gasteiger partial charge in [-0.05, 0) is 44.5 Å². The smallest absolute Gasteiger partial charge is 0.325 e. The number of hydrogen-bond acceptors (Lipinski definition) is 4. The van der Waals surface area contributed by atoms with Crippen LogP contribution in [0.5, 0.6) is 5.75 Å². The summed E-state index contributed by atoms with van der Waals surface area (Å²) in [5.41, 5.74) is 2.71. The van der Waals surface area contributed by atoms with Crippen molar-refractivity contribution in [3.8, 4) is 5.75 Å². The summed E-state index contributed by atoms with van der Waals surface area (Å²) in [6.45, 7) is 6.10. The van der Waals surface area contributed by atoms with Crippen LogP contribution >= 0.6 is 0 Å². The largest absolute Gasteiger partial charge is 0.489 e. The predicted molar refractivity (Wildman–Crippen MR) is 100 cm³/mol. The Morgan fingerprint density at radius 2 is 1.81 bits per heavy atom. The van der Waals surface area contributed by atoms with Crippen molar-refractivity contribution in [2.24, 2.45) is 0 Å². The molecular formula is C21H25NO4. The molecule has 0 unspecified atom stereocenters. The topological polar surface area (TPSA) is 55.8 Å². The molecule has 0 aliphatic heterocycles. The van der Waals surface area contributed by atoms with Gasteiger partial charge in [-0.25, -0.2) is 0 Å². The van der Waals surface area contributed by atoms with E-state index in [1.165, 1.54) is 17.6 Å². The number of methoxy groups -OCH3 is 1. The summed E-state index contributed by atoms with van der Waals surface area (Å²) >= 11 is 0. The summed E-state index contributed by atoms with van der Waals surface area (Å²) in [4.78, 5) is 25.8. The van der Waals surface area contributed by atoms with Gasteiger partial charge in [0.2, 0.25) is 0 Å². The van der Waals surface area contributed by atoms with Crippen molar-refractivity contribution in [2.45, 2.75) is 33.4 Å². The molecule has 2 aromatic rings. The third-order valence-electron chi connectivity index (χ3n) is 3.98. The molecule has 26 heavy (non-hydrogen) atoms. The third kappa shape index (κ3) is 5.34. The van der Waals surface area contributed by atoms with Gasteiger partial charge < -0.3 is 14.4 Å². The third-order valence-corrected chi connectivity index (χ3v) is 3.98. The normalized spacial score (nSPS) is 10.5. The molecule has 0 aliphatic rings. The highest BCUT2D eigenvalue weighted by Gasteiger charge is 2.22. The monoisotopic (exact) mass is 355 g/mol. The second-order valence-corrected chi connectivity index (χ2v) is 6.41. The summed E-state index contributed by atoms with van der Waals surface area (Å²) in [6.07, 6.45) is 0. The van der Waals surface area contributed by atoms with E-state index in [0.29, 0.717) is 17.9 Å². The van der Waals surface area contributed by atoms with E-state index in [1.807, 2.05) is 45.0 Å². The molecule has 0 bridgehead atoms. The second-order valence-electron chi connectivity index (χ2n) is 6.41. The van der Waals surface area contributed by atoms with Gasteiger partial charge in [-0.1, -0.05) is 35.9 Å². The minimum Gasteiger partial charge on any atom is -0.489 e. The van der Waals surface area contributed by atoms with Gasteiger partial charge in [0.25, 0.3) is 5.91 Å². The summed E-state index contributed by atoms with van der Waals surface area (Å²) in [7, 11) is 1.31. The molecule has 0 fully saturated rings. The number of ether oxygens (including phenoxy) is 2. The molecule has 0 saturated heterocycles. The van der Waals surface area contributed by atoms with Crippen LogP contribution in [0.25, 0.3) is 0 Å². The van der Waals surface area contributed by atoms with Crippen molar-refractivity contribution in [1.29, 1.82) is 0 Å². The van der Waals surface area contributed by atoms with E-state index in [0.717, 1.165) is 5.56 Å². The molecule has 0 radical (unpaired) electrons. The van der Waals surface area contributed by atoms with Crippen molar-refractivity contribution in [3.05, 3.63) is 65.2 Å². The zero-order chi connectivity index (χ0) is 19.1. The molecule has 1 amide bonds. The fourth-order valence-electron chi connectivity index (χ4n) is 2.55. The van der Waals surface area contributed by atoms with E-state index in [4.69, 9.17) is 4.74 Å². The van der Waals surface area contributed by atoms with Crippen LogP contribution in [0.3, 0.4) is 0 Å². The molecule has 2 aromatic carbocycles. The Morgan fingerprint density at radius 1 is 1.08 bits per heavy atom. The van der Waals surface area contributed by atoms with Crippen LogP contribution in [-0.4, -0.2) is 36.5 Å². The minimum atomic E-state index is -0.445. The standard InChI is InChI=1S/C21H25NO4/c1-15(2)22(13-20(23)25-4)21(24)18-9-6-10-19(12-18)26-14-17-8-5-7-16(3)11-17/h5-12,15H,13-14H2,1-4H3. The molecular weight excluding hydrogens is 330 g/mol. The molecule has 5 nitrogen and oxygen atoms in total. The Balaban J connectivity index is 2.11. The van der Waals surface area contributed by atoms with Gasteiger partial charge in [0.05, 0.1) is 7.11 Å². The SMILES string of the molecule is COC(=O)CN(C(=O)c1cccc(OCc2cccc(C)c2)c1)C(C)C. The maximum absolute atomic E-state index is 12.8. The van der Waals surface area contributed by atoms with Crippen LogP contribution in [0.1, 0.15) is 35.3 Å². The number of aryl methyl sites for hydroxylation is 1. The Kier molecular flexibility index (Phi) is 6.78. The number of rotatable bonds is 7. The highest BCUT2D eigenvalue weighted by molar-refractivity contribution is 5.96. The number of carbonyl (C=O) groups excluding carboxylic acids is 2. The molecule has 0 saturated carbocycles. The van der Waals surface area contributed by atoms with Gasteiger partial charge >= 0.3 is 5.97 Å². The lowest BCUT2D eigenvalue weighted by molar-refractivity contribution is -0.141. The highest BCUT2D eigenvalue weighted by Crippen LogP contribution is 2.18. The molecule has 0 N–H and O–H groups in total. The summed E-state index contributed by atoms with van der Waals surface area (Å²) in [6, 6.07) is 15.0. The Morgan fingerprint density at radius 3 is 2.46 bits per heavy atom. The van der Waals surface area contributed by atoms with Gasteiger partial charge in [-0.2, -0.15) is 0 Å². The number of amides is 1. The van der Waals surface area contributed by atoms with Crippen LogP contribution < -0.4 is 4.74 Å². The van der Waals surface area contributed by atoms with Gasteiger partial charge in [0, 0.05) is 11.6 Å². The number of nitrogens with zero attached hydrogens (tertiary/aromatic N) is 1. The van der Waals surface area contributed by atoms with Crippen LogP contribution in [-0.2, 0) is 16.1 Å². The minimum absolute atomic E-state index is 0.0820. The average Bonchev–Trinajstić information content (AvgIpc) is 2.63. The first-order valence-corrected chi connectivity index (χ1v) is 8.57. The van der Waals surface area contributed by atoms with Crippen molar-refractivity contribution in [1.82, 2.24) is 4.90 Å². The quantitative estimate of drug-likeness (QED) is 0.712. The zero-order valence-electron chi connectivity index (χ0n) is 15.7. The molecule has 5 heteroatoms. The van der Waals surface area contributed by atoms with Gasteiger partial charge in [-0.3, -0.25) is 9.59 Å². The molecule has 138 valence electrons. The average molecular weight is 355 g/mol. The van der Waals surface area contributed by atoms with E-state index in [9.17, 15) is 9.59 Å². The van der Waals surface area contributed by atoms with Crippen LogP contribution in [0.4, 0.5) is 0 Å². The fourth-order valence-corrected chi connectivity index (χ4v) is 2.55. The molecule has 0 atom stereocenters. The lowest BCUT2D eigenvalue weighted by atomic mass is 10.1. The zero-order valence-corrected chi connectivity index (χ0v) is 15.7. The molecule has 0 heterocycles. The first-order valence-electron chi connectivity index (χ1n) is 8.57. The first-order chi connectivity index (χ1) is 12.4.